The molecule has 26 heavy (non-hydrogen) atoms. The van der Waals surface area contributed by atoms with Crippen LogP contribution >= 0.6 is 0 Å². The molecule has 0 saturated heterocycles. The maximum atomic E-state index is 13.7. The molecule has 1 heterocycles. The zero-order chi connectivity index (χ0) is 18.4. The van der Waals surface area contributed by atoms with E-state index in [0.29, 0.717) is 55.0 Å². The zero-order valence-corrected chi connectivity index (χ0v) is 14.2. The van der Waals surface area contributed by atoms with Gasteiger partial charge >= 0.3 is 6.03 Å². The molecule has 7 heteroatoms. The predicted molar refractivity (Wildman–Crippen MR) is 91.9 cm³/mol. The lowest BCUT2D eigenvalue weighted by Gasteiger charge is -2.21. The van der Waals surface area contributed by atoms with Crippen LogP contribution in [0.1, 0.15) is 16.7 Å². The van der Waals surface area contributed by atoms with Crippen LogP contribution in [0.5, 0.6) is 5.75 Å². The average Bonchev–Trinajstić information content (AvgIpc) is 2.63. The fraction of sp³-hybridized carbons (Fsp3) is 0.316. The summed E-state index contributed by atoms with van der Waals surface area (Å²) in [6.45, 7) is 1.09. The summed E-state index contributed by atoms with van der Waals surface area (Å²) >= 11 is 0. The van der Waals surface area contributed by atoms with Crippen LogP contribution in [0.4, 0.5) is 13.6 Å². The molecule has 3 rings (SSSR count). The summed E-state index contributed by atoms with van der Waals surface area (Å²) in [7, 11) is 0. The molecule has 2 aromatic rings. The Labute approximate surface area is 150 Å². The van der Waals surface area contributed by atoms with Gasteiger partial charge < -0.3 is 20.1 Å². The molecule has 2 aromatic carbocycles. The third kappa shape index (κ3) is 4.70. The molecule has 0 bridgehead atoms. The average molecular weight is 362 g/mol. The second kappa shape index (κ2) is 8.62. The number of fused-ring (bicyclic) bond motifs is 1. The van der Waals surface area contributed by atoms with E-state index in [2.05, 4.69) is 10.6 Å². The summed E-state index contributed by atoms with van der Waals surface area (Å²) in [4.78, 5) is 11.8. The van der Waals surface area contributed by atoms with E-state index in [1.807, 2.05) is 0 Å². The highest BCUT2D eigenvalue weighted by molar-refractivity contribution is 5.73. The van der Waals surface area contributed by atoms with Crippen LogP contribution in [0.3, 0.4) is 0 Å². The van der Waals surface area contributed by atoms with Gasteiger partial charge in [-0.3, -0.25) is 0 Å². The van der Waals surface area contributed by atoms with Crippen LogP contribution in [0.2, 0.25) is 0 Å². The van der Waals surface area contributed by atoms with E-state index in [-0.39, 0.29) is 24.5 Å². The number of nitrogens with one attached hydrogen (secondary N) is 2. The molecule has 2 amide bonds. The highest BCUT2D eigenvalue weighted by Gasteiger charge is 2.16. The highest BCUT2D eigenvalue weighted by atomic mass is 19.1. The quantitative estimate of drug-likeness (QED) is 0.831. The van der Waals surface area contributed by atoms with Crippen molar-refractivity contribution in [3.8, 4) is 5.75 Å². The molecule has 138 valence electrons. The Kier molecular flexibility index (Phi) is 6.01. The van der Waals surface area contributed by atoms with Crippen molar-refractivity contribution in [3.05, 3.63) is 64.7 Å². The summed E-state index contributed by atoms with van der Waals surface area (Å²) in [6.07, 6.45) is 0.839. The minimum Gasteiger partial charge on any atom is -0.467 e. The maximum Gasteiger partial charge on any atom is 0.314 e. The van der Waals surface area contributed by atoms with Gasteiger partial charge in [-0.1, -0.05) is 18.2 Å². The van der Waals surface area contributed by atoms with Crippen molar-refractivity contribution in [1.82, 2.24) is 10.6 Å². The Morgan fingerprint density at radius 3 is 2.54 bits per heavy atom. The van der Waals surface area contributed by atoms with E-state index in [4.69, 9.17) is 9.47 Å². The minimum absolute atomic E-state index is 0.135. The van der Waals surface area contributed by atoms with Gasteiger partial charge in [0.2, 0.25) is 0 Å². The SMILES string of the molecule is O=C(NCCc1ccccc1F)NCCc1cc(F)cc2c1OCOC2. The Balaban J connectivity index is 1.44. The molecule has 0 unspecified atom stereocenters. The van der Waals surface area contributed by atoms with Gasteiger partial charge in [0.25, 0.3) is 0 Å². The molecule has 0 saturated carbocycles. The first kappa shape index (κ1) is 18.1. The molecule has 0 atom stereocenters. The monoisotopic (exact) mass is 362 g/mol. The molecule has 0 fully saturated rings. The largest absolute Gasteiger partial charge is 0.467 e. The fourth-order valence-electron chi connectivity index (χ4n) is 2.83. The number of urea groups is 1. The Morgan fingerprint density at radius 2 is 1.77 bits per heavy atom. The van der Waals surface area contributed by atoms with Gasteiger partial charge in [-0.15, -0.1) is 0 Å². The van der Waals surface area contributed by atoms with Crippen molar-refractivity contribution in [3.63, 3.8) is 0 Å². The van der Waals surface area contributed by atoms with Crippen LogP contribution in [0.15, 0.2) is 36.4 Å². The van der Waals surface area contributed by atoms with Gasteiger partial charge in [0, 0.05) is 18.7 Å². The first-order valence-electron chi connectivity index (χ1n) is 8.40. The Bertz CT molecular complexity index is 783. The van der Waals surface area contributed by atoms with Crippen LogP contribution in [0, 0.1) is 11.6 Å². The van der Waals surface area contributed by atoms with Crippen LogP contribution in [0.25, 0.3) is 0 Å². The van der Waals surface area contributed by atoms with Crippen LogP contribution in [-0.4, -0.2) is 25.9 Å². The molecule has 5 nitrogen and oxygen atoms in total. The minimum atomic E-state index is -0.359. The molecular weight excluding hydrogens is 342 g/mol. The second-order valence-electron chi connectivity index (χ2n) is 5.94. The summed E-state index contributed by atoms with van der Waals surface area (Å²) < 4.78 is 37.7. The summed E-state index contributed by atoms with van der Waals surface area (Å²) in [5, 5.41) is 5.38. The highest BCUT2D eigenvalue weighted by Crippen LogP contribution is 2.29. The molecule has 2 N–H and O–H groups in total. The number of carbonyl (C=O) groups excluding carboxylic acids is 1. The van der Waals surface area contributed by atoms with Crippen LogP contribution in [-0.2, 0) is 24.2 Å². The van der Waals surface area contributed by atoms with Gasteiger partial charge in [0.1, 0.15) is 17.4 Å². The molecule has 0 aromatic heterocycles. The standard InChI is InChI=1S/C19H20F2N2O3/c20-16-9-14(18-15(10-16)11-25-12-26-18)6-8-23-19(24)22-7-5-13-3-1-2-4-17(13)21/h1-4,9-10H,5-8,11-12H2,(H2,22,23,24). The van der Waals surface area contributed by atoms with Crippen molar-refractivity contribution < 1.29 is 23.0 Å². The second-order valence-corrected chi connectivity index (χ2v) is 5.94. The Morgan fingerprint density at radius 1 is 1.04 bits per heavy atom. The molecule has 0 radical (unpaired) electrons. The van der Waals surface area contributed by atoms with Crippen molar-refractivity contribution in [2.24, 2.45) is 0 Å². The fourth-order valence-corrected chi connectivity index (χ4v) is 2.83. The third-order valence-electron chi connectivity index (χ3n) is 4.07. The maximum absolute atomic E-state index is 13.7. The summed E-state index contributed by atoms with van der Waals surface area (Å²) in [5.41, 5.74) is 1.91. The third-order valence-corrected chi connectivity index (χ3v) is 4.07. The van der Waals surface area contributed by atoms with E-state index >= 15 is 0 Å². The lowest BCUT2D eigenvalue weighted by molar-refractivity contribution is -0.0172. The smallest absolute Gasteiger partial charge is 0.314 e. The van der Waals surface area contributed by atoms with Gasteiger partial charge in [-0.25, -0.2) is 13.6 Å². The molecule has 1 aliphatic rings. The van der Waals surface area contributed by atoms with E-state index in [9.17, 15) is 13.6 Å². The zero-order valence-electron chi connectivity index (χ0n) is 14.2. The van der Waals surface area contributed by atoms with E-state index in [1.54, 1.807) is 18.2 Å². The van der Waals surface area contributed by atoms with E-state index < -0.39 is 0 Å². The molecular formula is C19H20F2N2O3. The lowest BCUT2D eigenvalue weighted by Crippen LogP contribution is -2.37. The topological polar surface area (TPSA) is 59.6 Å². The number of amides is 2. The summed E-state index contributed by atoms with van der Waals surface area (Å²) in [6, 6.07) is 8.90. The normalized spacial score (nSPS) is 12.8. The molecule has 0 aliphatic carbocycles. The number of hydrogen-bond donors (Lipinski definition) is 2. The van der Waals surface area contributed by atoms with Crippen molar-refractivity contribution >= 4 is 6.03 Å². The Hall–Kier alpha value is -2.67. The first-order valence-corrected chi connectivity index (χ1v) is 8.40. The van der Waals surface area contributed by atoms with E-state index in [1.165, 1.54) is 18.2 Å². The first-order chi connectivity index (χ1) is 12.6. The van der Waals surface area contributed by atoms with E-state index in [0.717, 1.165) is 0 Å². The van der Waals surface area contributed by atoms with Gasteiger partial charge in [0.05, 0.1) is 6.61 Å². The number of ether oxygens (including phenoxy) is 2. The van der Waals surface area contributed by atoms with Crippen molar-refractivity contribution in [2.45, 2.75) is 19.4 Å². The molecule has 1 aliphatic heterocycles. The number of rotatable bonds is 6. The van der Waals surface area contributed by atoms with Crippen LogP contribution < -0.4 is 15.4 Å². The lowest BCUT2D eigenvalue weighted by atomic mass is 10.1. The number of carbonyl (C=O) groups is 1. The number of benzene rings is 2. The van der Waals surface area contributed by atoms with Gasteiger partial charge in [-0.2, -0.15) is 0 Å². The molecule has 0 spiro atoms. The number of hydrogen-bond acceptors (Lipinski definition) is 3. The predicted octanol–water partition coefficient (Wildman–Crippen LogP) is 2.92. The van der Waals surface area contributed by atoms with Crippen molar-refractivity contribution in [1.29, 1.82) is 0 Å². The number of halogens is 2. The van der Waals surface area contributed by atoms with Gasteiger partial charge in [-0.05, 0) is 42.2 Å². The van der Waals surface area contributed by atoms with Crippen molar-refractivity contribution in [2.75, 3.05) is 19.9 Å². The van der Waals surface area contributed by atoms with Gasteiger partial charge in [0.15, 0.2) is 6.79 Å². The summed E-state index contributed by atoms with van der Waals surface area (Å²) in [5.74, 6) is -0.0174.